The molecule has 0 aliphatic carbocycles. The van der Waals surface area contributed by atoms with E-state index in [1.807, 2.05) is 0 Å². The summed E-state index contributed by atoms with van der Waals surface area (Å²) in [6.45, 7) is 4.31. The van der Waals surface area contributed by atoms with Gasteiger partial charge in [0.05, 0.1) is 28.6 Å². The van der Waals surface area contributed by atoms with Crippen LogP contribution in [0.2, 0.25) is 5.02 Å². The van der Waals surface area contributed by atoms with Crippen molar-refractivity contribution in [1.82, 2.24) is 9.88 Å². The highest BCUT2D eigenvalue weighted by atomic mass is 35.5. The largest absolute Gasteiger partial charge is 0.379 e. The number of thiazole rings is 1. The average Bonchev–Trinajstić information content (AvgIpc) is 3.28. The fourth-order valence-corrected chi connectivity index (χ4v) is 6.39. The van der Waals surface area contributed by atoms with Crippen LogP contribution in [0.3, 0.4) is 0 Å². The summed E-state index contributed by atoms with van der Waals surface area (Å²) in [6, 6.07) is 10.7. The zero-order valence-electron chi connectivity index (χ0n) is 19.2. The van der Waals surface area contributed by atoms with Crippen LogP contribution in [-0.4, -0.2) is 69.4 Å². The number of carbonyl (C=O) groups is 1. The molecule has 7 nitrogen and oxygen atoms in total. The van der Waals surface area contributed by atoms with Gasteiger partial charge in [-0.1, -0.05) is 29.0 Å². The van der Waals surface area contributed by atoms with Crippen LogP contribution >= 0.6 is 22.9 Å². The third-order valence-corrected chi connectivity index (χ3v) is 8.94. The number of hydrogen-bond donors (Lipinski definition) is 0. The molecule has 2 aromatic carbocycles. The van der Waals surface area contributed by atoms with Gasteiger partial charge >= 0.3 is 0 Å². The van der Waals surface area contributed by atoms with E-state index in [1.165, 1.54) is 41.7 Å². The first-order valence-electron chi connectivity index (χ1n) is 11.5. The SMILES string of the molecule is O=C(CCCS(=O)(=O)c1ccc(Cl)cc1)N(CCCN1CCOCC1)c1nc2c(F)cccc2s1. The van der Waals surface area contributed by atoms with E-state index in [0.717, 1.165) is 19.6 Å². The van der Waals surface area contributed by atoms with Crippen LogP contribution < -0.4 is 4.90 Å². The van der Waals surface area contributed by atoms with E-state index in [1.54, 1.807) is 17.0 Å². The molecule has 0 saturated carbocycles. The summed E-state index contributed by atoms with van der Waals surface area (Å²) in [5.41, 5.74) is 0.240. The number of hydrogen-bond acceptors (Lipinski definition) is 7. The summed E-state index contributed by atoms with van der Waals surface area (Å²) in [7, 11) is -3.53. The van der Waals surface area contributed by atoms with Crippen molar-refractivity contribution in [1.29, 1.82) is 0 Å². The first-order valence-corrected chi connectivity index (χ1v) is 14.3. The van der Waals surface area contributed by atoms with Crippen molar-refractivity contribution in [3.63, 3.8) is 0 Å². The van der Waals surface area contributed by atoms with Crippen molar-refractivity contribution in [2.24, 2.45) is 0 Å². The van der Waals surface area contributed by atoms with Gasteiger partial charge in [-0.3, -0.25) is 14.6 Å². The van der Waals surface area contributed by atoms with Crippen molar-refractivity contribution in [2.75, 3.05) is 50.0 Å². The second-order valence-electron chi connectivity index (χ2n) is 8.31. The van der Waals surface area contributed by atoms with E-state index >= 15 is 0 Å². The number of morpholine rings is 1. The third kappa shape index (κ3) is 6.77. The number of anilines is 1. The van der Waals surface area contributed by atoms with Crippen LogP contribution in [0.25, 0.3) is 10.2 Å². The Morgan fingerprint density at radius 2 is 1.89 bits per heavy atom. The van der Waals surface area contributed by atoms with Gasteiger partial charge in [-0.25, -0.2) is 17.8 Å². The number of amides is 1. The predicted octanol–water partition coefficient (Wildman–Crippen LogP) is 4.40. The fourth-order valence-electron chi connectivity index (χ4n) is 3.93. The van der Waals surface area contributed by atoms with E-state index in [9.17, 15) is 17.6 Å². The summed E-state index contributed by atoms with van der Waals surface area (Å²) in [6.07, 6.45) is 0.930. The normalized spacial score (nSPS) is 14.9. The smallest absolute Gasteiger partial charge is 0.228 e. The molecule has 0 N–H and O–H groups in total. The lowest BCUT2D eigenvalue weighted by atomic mass is 10.2. The minimum Gasteiger partial charge on any atom is -0.379 e. The summed E-state index contributed by atoms with van der Waals surface area (Å²) in [5.74, 6) is -0.811. The van der Waals surface area contributed by atoms with Crippen LogP contribution in [0.5, 0.6) is 0 Å². The van der Waals surface area contributed by atoms with Crippen LogP contribution in [0, 0.1) is 5.82 Å². The number of halogens is 2. The van der Waals surface area contributed by atoms with Gasteiger partial charge in [-0.2, -0.15) is 0 Å². The molecule has 3 aromatic rings. The highest BCUT2D eigenvalue weighted by molar-refractivity contribution is 7.91. The molecule has 4 rings (SSSR count). The zero-order valence-corrected chi connectivity index (χ0v) is 21.5. The van der Waals surface area contributed by atoms with Gasteiger partial charge in [0, 0.05) is 37.6 Å². The first kappa shape index (κ1) is 26.0. The van der Waals surface area contributed by atoms with Crippen molar-refractivity contribution in [3.05, 3.63) is 53.3 Å². The van der Waals surface area contributed by atoms with Gasteiger partial charge in [-0.05, 0) is 49.2 Å². The molecule has 0 bridgehead atoms. The van der Waals surface area contributed by atoms with Gasteiger partial charge in [0.2, 0.25) is 5.91 Å². The van der Waals surface area contributed by atoms with E-state index in [-0.39, 0.29) is 34.9 Å². The van der Waals surface area contributed by atoms with E-state index < -0.39 is 15.7 Å². The molecule has 11 heteroatoms. The molecular weight excluding hydrogens is 513 g/mol. The topological polar surface area (TPSA) is 79.8 Å². The molecule has 1 fully saturated rings. The van der Waals surface area contributed by atoms with Gasteiger partial charge in [0.1, 0.15) is 11.3 Å². The molecule has 1 aliphatic heterocycles. The molecule has 1 aliphatic rings. The molecule has 0 atom stereocenters. The summed E-state index contributed by atoms with van der Waals surface area (Å²) in [5, 5.41) is 0.886. The molecule has 1 amide bonds. The summed E-state index contributed by atoms with van der Waals surface area (Å²) >= 11 is 7.11. The van der Waals surface area contributed by atoms with E-state index in [2.05, 4.69) is 9.88 Å². The van der Waals surface area contributed by atoms with Crippen molar-refractivity contribution in [3.8, 4) is 0 Å². The lowest BCUT2D eigenvalue weighted by Crippen LogP contribution is -2.39. The summed E-state index contributed by atoms with van der Waals surface area (Å²) < 4.78 is 45.5. The number of aromatic nitrogens is 1. The molecule has 35 heavy (non-hydrogen) atoms. The Hall–Kier alpha value is -2.11. The standard InChI is InChI=1S/C24H27ClFN3O4S2/c25-18-7-9-19(10-8-18)35(31,32)17-2-6-22(30)29(12-3-11-28-13-15-33-16-14-28)24-27-23-20(26)4-1-5-21(23)34-24/h1,4-5,7-10H,2-3,6,11-17H2. The highest BCUT2D eigenvalue weighted by Crippen LogP contribution is 2.31. The lowest BCUT2D eigenvalue weighted by Gasteiger charge is -2.27. The minimum atomic E-state index is -3.53. The maximum absolute atomic E-state index is 14.2. The Bertz CT molecular complexity index is 1260. The first-order chi connectivity index (χ1) is 16.8. The van der Waals surface area contributed by atoms with Crippen molar-refractivity contribution >= 4 is 54.0 Å². The number of sulfone groups is 1. The minimum absolute atomic E-state index is 0.0444. The molecule has 1 saturated heterocycles. The monoisotopic (exact) mass is 539 g/mol. The number of rotatable bonds is 10. The van der Waals surface area contributed by atoms with Gasteiger partial charge in [-0.15, -0.1) is 0 Å². The molecular formula is C24H27ClFN3O4S2. The Morgan fingerprint density at radius 1 is 1.14 bits per heavy atom. The van der Waals surface area contributed by atoms with Gasteiger partial charge < -0.3 is 4.74 Å². The maximum atomic E-state index is 14.2. The quantitative estimate of drug-likeness (QED) is 0.380. The maximum Gasteiger partial charge on any atom is 0.228 e. The number of fused-ring (bicyclic) bond motifs is 1. The Morgan fingerprint density at radius 3 is 2.60 bits per heavy atom. The molecule has 188 valence electrons. The molecule has 0 unspecified atom stereocenters. The number of para-hydroxylation sites is 1. The lowest BCUT2D eigenvalue weighted by molar-refractivity contribution is -0.118. The number of carbonyl (C=O) groups excluding carboxylic acids is 1. The van der Waals surface area contributed by atoms with Crippen LogP contribution in [0.4, 0.5) is 9.52 Å². The van der Waals surface area contributed by atoms with Gasteiger partial charge in [0.15, 0.2) is 15.0 Å². The molecule has 2 heterocycles. The predicted molar refractivity (Wildman–Crippen MR) is 137 cm³/mol. The number of nitrogens with zero attached hydrogens (tertiary/aromatic N) is 3. The number of ether oxygens (including phenoxy) is 1. The van der Waals surface area contributed by atoms with Crippen molar-refractivity contribution < 1.29 is 22.3 Å². The fraction of sp³-hybridized carbons (Fsp3) is 0.417. The Kier molecular flexibility index (Phi) is 8.72. The molecule has 0 spiro atoms. The Balaban J connectivity index is 1.43. The summed E-state index contributed by atoms with van der Waals surface area (Å²) in [4.78, 5) is 21.6. The molecule has 1 aromatic heterocycles. The van der Waals surface area contributed by atoms with E-state index in [4.69, 9.17) is 16.3 Å². The average molecular weight is 540 g/mol. The van der Waals surface area contributed by atoms with Crippen LogP contribution in [0.1, 0.15) is 19.3 Å². The second-order valence-corrected chi connectivity index (χ2v) is 11.9. The van der Waals surface area contributed by atoms with E-state index in [0.29, 0.717) is 41.0 Å². The van der Waals surface area contributed by atoms with Gasteiger partial charge in [0.25, 0.3) is 0 Å². The molecule has 0 radical (unpaired) electrons. The Labute approximate surface area is 213 Å². The van der Waals surface area contributed by atoms with Crippen LogP contribution in [-0.2, 0) is 19.4 Å². The number of benzene rings is 2. The highest BCUT2D eigenvalue weighted by Gasteiger charge is 2.22. The third-order valence-electron chi connectivity index (χ3n) is 5.83. The zero-order chi connectivity index (χ0) is 24.8. The van der Waals surface area contributed by atoms with Crippen LogP contribution in [0.15, 0.2) is 47.4 Å². The van der Waals surface area contributed by atoms with Crippen molar-refractivity contribution in [2.45, 2.75) is 24.2 Å². The second kappa shape index (κ2) is 11.7.